The highest BCUT2D eigenvalue weighted by Gasteiger charge is 2.37. The fourth-order valence-electron chi connectivity index (χ4n) is 4.14. The first-order valence-electron chi connectivity index (χ1n) is 9.59. The van der Waals surface area contributed by atoms with Gasteiger partial charge in [0.2, 0.25) is 10.0 Å². The maximum atomic E-state index is 13.3. The predicted octanol–water partition coefficient (Wildman–Crippen LogP) is 2.09. The van der Waals surface area contributed by atoms with Crippen LogP contribution in [0.25, 0.3) is 0 Å². The van der Waals surface area contributed by atoms with Gasteiger partial charge in [0.05, 0.1) is 18.3 Å². The smallest absolute Gasteiger partial charge is 0.218 e. The molecular formula is C19H27N5O2S. The highest BCUT2D eigenvalue weighted by molar-refractivity contribution is 7.88. The molecule has 3 heterocycles. The lowest BCUT2D eigenvalue weighted by Gasteiger charge is -2.35. The van der Waals surface area contributed by atoms with E-state index in [2.05, 4.69) is 26.7 Å². The zero-order chi connectivity index (χ0) is 19.0. The molecule has 0 amide bonds. The zero-order valence-corrected chi connectivity index (χ0v) is 16.8. The lowest BCUT2D eigenvalue weighted by Crippen LogP contribution is -2.41. The highest BCUT2D eigenvalue weighted by atomic mass is 32.2. The van der Waals surface area contributed by atoms with Crippen molar-refractivity contribution in [3.05, 3.63) is 47.0 Å². The fourth-order valence-corrected chi connectivity index (χ4v) is 5.90. The normalized spacial score (nSPS) is 21.9. The van der Waals surface area contributed by atoms with Crippen molar-refractivity contribution in [3.8, 4) is 0 Å². The van der Waals surface area contributed by atoms with Crippen LogP contribution in [0.5, 0.6) is 0 Å². The summed E-state index contributed by atoms with van der Waals surface area (Å²) in [6, 6.07) is 7.53. The molecule has 8 heteroatoms. The molecule has 0 spiro atoms. The number of likely N-dealkylation sites (N-methyl/N-ethyl adjacent to an activating group) is 1. The number of aryl methyl sites for hydroxylation is 1. The minimum atomic E-state index is -3.42. The fraction of sp³-hybridized carbons (Fsp3) is 0.579. The van der Waals surface area contributed by atoms with Crippen LogP contribution in [0.3, 0.4) is 0 Å². The molecule has 0 aliphatic carbocycles. The standard InChI is InChI=1S/C19H27N5O2S/c1-15-6-5-7-16(12-15)14-27(25,26)24-9-4-3-8-17(24)19-21-20-18-13-22(2)10-11-23(18)19/h5-7,12,17H,3-4,8-11,13-14H2,1-2H3. The minimum absolute atomic E-state index is 0.0366. The molecule has 146 valence electrons. The summed E-state index contributed by atoms with van der Waals surface area (Å²) in [5.74, 6) is 1.78. The summed E-state index contributed by atoms with van der Waals surface area (Å²) in [5, 5.41) is 8.77. The Bertz CT molecular complexity index is 924. The van der Waals surface area contributed by atoms with Crippen LogP contribution < -0.4 is 0 Å². The molecule has 0 bridgehead atoms. The van der Waals surface area contributed by atoms with Gasteiger partial charge in [0.1, 0.15) is 5.82 Å². The molecule has 1 aromatic carbocycles. The average Bonchev–Trinajstić information content (AvgIpc) is 3.04. The van der Waals surface area contributed by atoms with Crippen LogP contribution in [0.4, 0.5) is 0 Å². The monoisotopic (exact) mass is 389 g/mol. The van der Waals surface area contributed by atoms with Gasteiger partial charge in [-0.05, 0) is 32.4 Å². The van der Waals surface area contributed by atoms with Gasteiger partial charge in [-0.2, -0.15) is 4.31 Å². The second-order valence-electron chi connectivity index (χ2n) is 7.73. The van der Waals surface area contributed by atoms with E-state index >= 15 is 0 Å². The first-order chi connectivity index (χ1) is 12.9. The van der Waals surface area contributed by atoms with Crippen molar-refractivity contribution in [2.24, 2.45) is 0 Å². The second-order valence-corrected chi connectivity index (χ2v) is 9.65. The van der Waals surface area contributed by atoms with E-state index in [0.717, 1.165) is 61.7 Å². The van der Waals surface area contributed by atoms with Crippen LogP contribution in [0.1, 0.15) is 48.1 Å². The van der Waals surface area contributed by atoms with Gasteiger partial charge >= 0.3 is 0 Å². The quantitative estimate of drug-likeness (QED) is 0.801. The van der Waals surface area contributed by atoms with E-state index in [4.69, 9.17) is 0 Å². The Morgan fingerprint density at radius 1 is 1.15 bits per heavy atom. The summed E-state index contributed by atoms with van der Waals surface area (Å²) >= 11 is 0. The Morgan fingerprint density at radius 3 is 2.81 bits per heavy atom. The SMILES string of the molecule is Cc1cccc(CS(=O)(=O)N2CCCCC2c2nnc3n2CCN(C)C3)c1. The van der Waals surface area contributed by atoms with Gasteiger partial charge < -0.3 is 4.57 Å². The van der Waals surface area contributed by atoms with Crippen LogP contribution >= 0.6 is 0 Å². The second kappa shape index (κ2) is 7.33. The zero-order valence-electron chi connectivity index (χ0n) is 16.0. The summed E-state index contributed by atoms with van der Waals surface area (Å²) in [7, 11) is -1.36. The molecule has 7 nitrogen and oxygen atoms in total. The molecule has 1 saturated heterocycles. The van der Waals surface area contributed by atoms with E-state index in [1.54, 1.807) is 4.31 Å². The lowest BCUT2D eigenvalue weighted by atomic mass is 10.0. The molecule has 2 aliphatic heterocycles. The summed E-state index contributed by atoms with van der Waals surface area (Å²) in [6.07, 6.45) is 2.72. The summed E-state index contributed by atoms with van der Waals surface area (Å²) < 4.78 is 30.3. The molecule has 0 saturated carbocycles. The molecule has 1 atom stereocenters. The van der Waals surface area contributed by atoms with E-state index < -0.39 is 10.0 Å². The van der Waals surface area contributed by atoms with Gasteiger partial charge in [-0.15, -0.1) is 10.2 Å². The molecule has 1 aromatic heterocycles. The number of fused-ring (bicyclic) bond motifs is 1. The van der Waals surface area contributed by atoms with Gasteiger partial charge in [-0.25, -0.2) is 8.42 Å². The Balaban J connectivity index is 1.63. The molecule has 2 aromatic rings. The van der Waals surface area contributed by atoms with E-state index in [0.29, 0.717) is 6.54 Å². The van der Waals surface area contributed by atoms with Crippen LogP contribution in [-0.4, -0.2) is 52.5 Å². The van der Waals surface area contributed by atoms with Gasteiger partial charge in [0.25, 0.3) is 0 Å². The number of hydrogen-bond acceptors (Lipinski definition) is 5. The largest absolute Gasteiger partial charge is 0.311 e. The van der Waals surface area contributed by atoms with E-state index in [9.17, 15) is 8.42 Å². The van der Waals surface area contributed by atoms with Crippen molar-refractivity contribution in [3.63, 3.8) is 0 Å². The number of benzene rings is 1. The maximum absolute atomic E-state index is 13.3. The summed E-state index contributed by atoms with van der Waals surface area (Å²) in [5.41, 5.74) is 1.91. The Morgan fingerprint density at radius 2 is 2.00 bits per heavy atom. The number of sulfonamides is 1. The molecule has 2 aliphatic rings. The third-order valence-corrected chi connectivity index (χ3v) is 7.36. The molecule has 1 unspecified atom stereocenters. The van der Waals surface area contributed by atoms with E-state index in [-0.39, 0.29) is 11.8 Å². The predicted molar refractivity (Wildman–Crippen MR) is 103 cm³/mol. The number of rotatable bonds is 4. The third-order valence-electron chi connectivity index (χ3n) is 5.51. The van der Waals surface area contributed by atoms with Crippen LogP contribution in [-0.2, 0) is 28.9 Å². The summed E-state index contributed by atoms with van der Waals surface area (Å²) in [6.45, 7) is 5.05. The number of nitrogens with zero attached hydrogens (tertiary/aromatic N) is 5. The first-order valence-corrected chi connectivity index (χ1v) is 11.2. The van der Waals surface area contributed by atoms with Crippen molar-refractivity contribution in [2.45, 2.75) is 51.1 Å². The van der Waals surface area contributed by atoms with Crippen molar-refractivity contribution >= 4 is 10.0 Å². The molecule has 0 radical (unpaired) electrons. The molecule has 27 heavy (non-hydrogen) atoms. The van der Waals surface area contributed by atoms with Gasteiger partial charge in [0, 0.05) is 19.6 Å². The molecule has 1 fully saturated rings. The van der Waals surface area contributed by atoms with Crippen molar-refractivity contribution in [2.75, 3.05) is 20.1 Å². The van der Waals surface area contributed by atoms with Crippen molar-refractivity contribution < 1.29 is 8.42 Å². The Hall–Kier alpha value is -1.77. The van der Waals surface area contributed by atoms with Crippen molar-refractivity contribution in [1.82, 2.24) is 24.0 Å². The van der Waals surface area contributed by atoms with Gasteiger partial charge in [0.15, 0.2) is 5.82 Å². The summed E-state index contributed by atoms with van der Waals surface area (Å²) in [4.78, 5) is 2.21. The Labute approximate surface area is 161 Å². The minimum Gasteiger partial charge on any atom is -0.311 e. The first kappa shape index (κ1) is 18.6. The number of aromatic nitrogens is 3. The maximum Gasteiger partial charge on any atom is 0.218 e. The van der Waals surface area contributed by atoms with Gasteiger partial charge in [-0.1, -0.05) is 36.2 Å². The Kier molecular flexibility index (Phi) is 5.05. The lowest BCUT2D eigenvalue weighted by molar-refractivity contribution is 0.224. The van der Waals surface area contributed by atoms with E-state index in [1.807, 2.05) is 31.2 Å². The molecular weight excluding hydrogens is 362 g/mol. The van der Waals surface area contributed by atoms with E-state index in [1.165, 1.54) is 0 Å². The van der Waals surface area contributed by atoms with Crippen molar-refractivity contribution in [1.29, 1.82) is 0 Å². The topological polar surface area (TPSA) is 71.3 Å². The van der Waals surface area contributed by atoms with Crippen LogP contribution in [0.2, 0.25) is 0 Å². The van der Waals surface area contributed by atoms with Crippen LogP contribution in [0, 0.1) is 6.92 Å². The number of piperidine rings is 1. The highest BCUT2D eigenvalue weighted by Crippen LogP contribution is 2.34. The molecule has 0 N–H and O–H groups in total. The number of hydrogen-bond donors (Lipinski definition) is 0. The molecule has 4 rings (SSSR count). The average molecular weight is 390 g/mol. The van der Waals surface area contributed by atoms with Gasteiger partial charge in [-0.3, -0.25) is 4.90 Å². The van der Waals surface area contributed by atoms with Crippen LogP contribution in [0.15, 0.2) is 24.3 Å². The third kappa shape index (κ3) is 3.79.